The summed E-state index contributed by atoms with van der Waals surface area (Å²) in [5.41, 5.74) is 8.42. The SMILES string of the molecule is COc1cccc(C(=O)Nc2ccc(OCCN)c(-c3ccnn3C)c2)c1.O=C(O)C(F)(F)F. The maximum atomic E-state index is 12.6. The minimum Gasteiger partial charge on any atom is -0.497 e. The Hall–Kier alpha value is -4.06. The molecule has 3 aromatic rings. The average Bonchev–Trinajstić information content (AvgIpc) is 3.23. The number of rotatable bonds is 7. The number of aryl methyl sites for hydroxylation is 1. The molecule has 0 aliphatic rings. The van der Waals surface area contributed by atoms with Crippen molar-refractivity contribution in [2.24, 2.45) is 12.8 Å². The van der Waals surface area contributed by atoms with Crippen LogP contribution in [0.25, 0.3) is 11.3 Å². The zero-order valence-electron chi connectivity index (χ0n) is 18.3. The molecule has 1 amide bonds. The highest BCUT2D eigenvalue weighted by Crippen LogP contribution is 2.32. The minimum absolute atomic E-state index is 0.222. The Morgan fingerprint density at radius 3 is 2.44 bits per heavy atom. The fourth-order valence-corrected chi connectivity index (χ4v) is 2.71. The van der Waals surface area contributed by atoms with E-state index in [0.29, 0.717) is 35.9 Å². The minimum atomic E-state index is -5.08. The van der Waals surface area contributed by atoms with Crippen molar-refractivity contribution in [1.82, 2.24) is 9.78 Å². The van der Waals surface area contributed by atoms with Crippen LogP contribution in [0.4, 0.5) is 18.9 Å². The molecule has 0 aliphatic carbocycles. The van der Waals surface area contributed by atoms with E-state index in [-0.39, 0.29) is 5.91 Å². The number of hydrogen-bond acceptors (Lipinski definition) is 6. The van der Waals surface area contributed by atoms with Crippen LogP contribution >= 0.6 is 0 Å². The molecule has 2 aromatic carbocycles. The lowest BCUT2D eigenvalue weighted by Gasteiger charge is -2.14. The number of halogens is 3. The van der Waals surface area contributed by atoms with Crippen molar-refractivity contribution in [1.29, 1.82) is 0 Å². The lowest BCUT2D eigenvalue weighted by atomic mass is 10.1. The van der Waals surface area contributed by atoms with Crippen LogP contribution < -0.4 is 20.5 Å². The Balaban J connectivity index is 0.000000509. The van der Waals surface area contributed by atoms with Crippen LogP contribution in [-0.2, 0) is 11.8 Å². The van der Waals surface area contributed by atoms with E-state index in [2.05, 4.69) is 10.4 Å². The molecule has 1 aromatic heterocycles. The first-order chi connectivity index (χ1) is 16.1. The zero-order chi connectivity index (χ0) is 25.3. The number of carbonyl (C=O) groups is 2. The van der Waals surface area contributed by atoms with Crippen LogP contribution in [0.3, 0.4) is 0 Å². The highest BCUT2D eigenvalue weighted by molar-refractivity contribution is 6.04. The molecule has 0 atom stereocenters. The Morgan fingerprint density at radius 2 is 1.88 bits per heavy atom. The van der Waals surface area contributed by atoms with E-state index in [1.54, 1.807) is 48.3 Å². The first-order valence-corrected chi connectivity index (χ1v) is 9.77. The van der Waals surface area contributed by atoms with Gasteiger partial charge in [0.25, 0.3) is 5.91 Å². The summed E-state index contributed by atoms with van der Waals surface area (Å²) in [5.74, 6) is -1.67. The molecule has 0 fully saturated rings. The van der Waals surface area contributed by atoms with E-state index in [4.69, 9.17) is 25.1 Å². The molecule has 0 saturated heterocycles. The summed E-state index contributed by atoms with van der Waals surface area (Å²) in [6.07, 6.45) is -3.37. The van der Waals surface area contributed by atoms with Gasteiger partial charge in [-0.05, 0) is 42.5 Å². The molecule has 0 bridgehead atoms. The summed E-state index contributed by atoms with van der Waals surface area (Å²) in [5, 5.41) is 14.2. The molecule has 0 radical (unpaired) electrons. The van der Waals surface area contributed by atoms with Crippen molar-refractivity contribution >= 4 is 17.6 Å². The number of nitrogens with one attached hydrogen (secondary N) is 1. The standard InChI is InChI=1S/C20H22N4O3.C2HF3O2/c1-24-18(8-10-22-24)17-13-15(6-7-19(17)27-11-9-21)23-20(25)14-4-3-5-16(12-14)26-2;3-2(4,5)1(6)7/h3-8,10,12-13H,9,11,21H2,1-2H3,(H,23,25);(H,6,7). The molecule has 0 spiro atoms. The van der Waals surface area contributed by atoms with Gasteiger partial charge in [0.15, 0.2) is 0 Å². The van der Waals surface area contributed by atoms with E-state index < -0.39 is 12.1 Å². The number of aliphatic carboxylic acids is 1. The van der Waals surface area contributed by atoms with Crippen LogP contribution in [0.2, 0.25) is 0 Å². The molecule has 0 aliphatic heterocycles. The molecule has 9 nitrogen and oxygen atoms in total. The average molecular weight is 480 g/mol. The van der Waals surface area contributed by atoms with Gasteiger partial charge in [0, 0.05) is 36.6 Å². The number of nitrogens with zero attached hydrogens (tertiary/aromatic N) is 2. The summed E-state index contributed by atoms with van der Waals surface area (Å²) in [7, 11) is 3.42. The van der Waals surface area contributed by atoms with Crippen molar-refractivity contribution in [3.05, 3.63) is 60.3 Å². The van der Waals surface area contributed by atoms with Gasteiger partial charge in [-0.15, -0.1) is 0 Å². The quantitative estimate of drug-likeness (QED) is 0.473. The van der Waals surface area contributed by atoms with Crippen LogP contribution in [0.5, 0.6) is 11.5 Å². The number of amides is 1. The molecule has 0 saturated carbocycles. The highest BCUT2D eigenvalue weighted by Gasteiger charge is 2.38. The Bertz CT molecular complexity index is 1130. The molecule has 4 N–H and O–H groups in total. The molecular weight excluding hydrogens is 457 g/mol. The summed E-state index contributed by atoms with van der Waals surface area (Å²) in [6.45, 7) is 0.819. The van der Waals surface area contributed by atoms with E-state index in [9.17, 15) is 18.0 Å². The van der Waals surface area contributed by atoms with Crippen molar-refractivity contribution in [2.75, 3.05) is 25.6 Å². The third-order valence-electron chi connectivity index (χ3n) is 4.28. The first kappa shape index (κ1) is 26.2. The second kappa shape index (κ2) is 11.7. The fraction of sp³-hybridized carbons (Fsp3) is 0.227. The number of carboxylic acid groups (broad SMARTS) is 1. The number of anilines is 1. The smallest absolute Gasteiger partial charge is 0.490 e. The molecule has 1 heterocycles. The van der Waals surface area contributed by atoms with Gasteiger partial charge in [0.2, 0.25) is 0 Å². The van der Waals surface area contributed by atoms with Gasteiger partial charge in [0.1, 0.15) is 18.1 Å². The van der Waals surface area contributed by atoms with Gasteiger partial charge in [-0.2, -0.15) is 18.3 Å². The molecule has 12 heteroatoms. The lowest BCUT2D eigenvalue weighted by Crippen LogP contribution is -2.21. The normalized spacial score (nSPS) is 10.6. The van der Waals surface area contributed by atoms with Gasteiger partial charge >= 0.3 is 12.1 Å². The fourth-order valence-electron chi connectivity index (χ4n) is 2.71. The number of nitrogens with two attached hydrogens (primary N) is 1. The Labute approximate surface area is 192 Å². The lowest BCUT2D eigenvalue weighted by molar-refractivity contribution is -0.192. The summed E-state index contributed by atoms with van der Waals surface area (Å²) >= 11 is 0. The maximum absolute atomic E-state index is 12.6. The maximum Gasteiger partial charge on any atom is 0.490 e. The van der Waals surface area contributed by atoms with Gasteiger partial charge in [0.05, 0.1) is 12.8 Å². The first-order valence-electron chi connectivity index (χ1n) is 9.77. The Kier molecular flexibility index (Phi) is 9.01. The van der Waals surface area contributed by atoms with Crippen molar-refractivity contribution in [3.8, 4) is 22.8 Å². The number of carboxylic acids is 1. The van der Waals surface area contributed by atoms with Gasteiger partial charge < -0.3 is 25.6 Å². The van der Waals surface area contributed by atoms with Gasteiger partial charge in [-0.25, -0.2) is 4.79 Å². The van der Waals surface area contributed by atoms with Gasteiger partial charge in [-0.3, -0.25) is 9.48 Å². The number of alkyl halides is 3. The molecule has 182 valence electrons. The van der Waals surface area contributed by atoms with Crippen LogP contribution in [-0.4, -0.2) is 53.2 Å². The van der Waals surface area contributed by atoms with E-state index in [1.807, 2.05) is 25.2 Å². The number of hydrogen-bond donors (Lipinski definition) is 3. The largest absolute Gasteiger partial charge is 0.497 e. The van der Waals surface area contributed by atoms with E-state index in [0.717, 1.165) is 11.3 Å². The van der Waals surface area contributed by atoms with Crippen LogP contribution in [0.1, 0.15) is 10.4 Å². The number of methoxy groups -OCH3 is 1. The molecule has 34 heavy (non-hydrogen) atoms. The summed E-state index contributed by atoms with van der Waals surface area (Å²) in [6, 6.07) is 14.4. The predicted octanol–water partition coefficient (Wildman–Crippen LogP) is 3.32. The molecular formula is C22H23F3N4O5. The van der Waals surface area contributed by atoms with E-state index >= 15 is 0 Å². The van der Waals surface area contributed by atoms with Crippen LogP contribution in [0, 0.1) is 0 Å². The van der Waals surface area contributed by atoms with Crippen LogP contribution in [0.15, 0.2) is 54.7 Å². The topological polar surface area (TPSA) is 129 Å². The Morgan fingerprint density at radius 1 is 1.18 bits per heavy atom. The zero-order valence-corrected chi connectivity index (χ0v) is 18.3. The second-order valence-electron chi connectivity index (χ2n) is 6.68. The number of carbonyl (C=O) groups excluding carboxylic acids is 1. The van der Waals surface area contributed by atoms with Gasteiger partial charge in [-0.1, -0.05) is 6.07 Å². The summed E-state index contributed by atoms with van der Waals surface area (Å²) in [4.78, 5) is 21.5. The van der Waals surface area contributed by atoms with Crippen molar-refractivity contribution in [3.63, 3.8) is 0 Å². The number of benzene rings is 2. The number of ether oxygens (including phenoxy) is 2. The molecule has 0 unspecified atom stereocenters. The third-order valence-corrected chi connectivity index (χ3v) is 4.28. The number of aromatic nitrogens is 2. The monoisotopic (exact) mass is 480 g/mol. The van der Waals surface area contributed by atoms with Crippen molar-refractivity contribution in [2.45, 2.75) is 6.18 Å². The molecule has 3 rings (SSSR count). The van der Waals surface area contributed by atoms with Crippen molar-refractivity contribution < 1.29 is 37.3 Å². The summed E-state index contributed by atoms with van der Waals surface area (Å²) < 4.78 is 44.4. The van der Waals surface area contributed by atoms with E-state index in [1.165, 1.54) is 0 Å². The highest BCUT2D eigenvalue weighted by atomic mass is 19.4. The predicted molar refractivity (Wildman–Crippen MR) is 118 cm³/mol. The third kappa shape index (κ3) is 7.24. The second-order valence-corrected chi connectivity index (χ2v) is 6.68.